The molecule has 0 amide bonds. The van der Waals surface area contributed by atoms with Crippen LogP contribution < -0.4 is 11.5 Å². The molecule has 0 bridgehead atoms. The fourth-order valence-corrected chi connectivity index (χ4v) is 1.59. The van der Waals surface area contributed by atoms with Gasteiger partial charge in [0.15, 0.2) is 0 Å². The number of nitrogens with zero attached hydrogens (tertiary/aromatic N) is 3. The van der Waals surface area contributed by atoms with Crippen LogP contribution in [-0.2, 0) is 6.42 Å². The maximum atomic E-state index is 9.02. The van der Waals surface area contributed by atoms with E-state index in [9.17, 15) is 0 Å². The Morgan fingerprint density at radius 3 is 2.47 bits per heavy atom. The van der Waals surface area contributed by atoms with Crippen LogP contribution in [0.1, 0.15) is 16.8 Å². The second kappa shape index (κ2) is 4.49. The molecule has 4 N–H and O–H groups in total. The third kappa shape index (κ3) is 2.32. The average molecular weight is 225 g/mol. The summed E-state index contributed by atoms with van der Waals surface area (Å²) in [7, 11) is 0. The molecule has 5 heteroatoms. The Morgan fingerprint density at radius 1 is 1.12 bits per heavy atom. The molecule has 1 aromatic heterocycles. The van der Waals surface area contributed by atoms with Gasteiger partial charge >= 0.3 is 0 Å². The van der Waals surface area contributed by atoms with Crippen molar-refractivity contribution in [2.24, 2.45) is 0 Å². The molecule has 0 saturated heterocycles. The van der Waals surface area contributed by atoms with E-state index in [-0.39, 0.29) is 11.8 Å². The lowest BCUT2D eigenvalue weighted by Crippen LogP contribution is -2.07. The van der Waals surface area contributed by atoms with Crippen molar-refractivity contribution in [3.8, 4) is 6.07 Å². The molecular weight excluding hydrogens is 214 g/mol. The second-order valence-electron chi connectivity index (χ2n) is 3.56. The fraction of sp³-hybridized carbons (Fsp3) is 0.0833. The number of nitriles is 1. The highest BCUT2D eigenvalue weighted by Gasteiger charge is 2.11. The van der Waals surface area contributed by atoms with Gasteiger partial charge in [-0.25, -0.2) is 4.98 Å². The van der Waals surface area contributed by atoms with Crippen LogP contribution in [0.15, 0.2) is 30.3 Å². The number of hydrogen-bond donors (Lipinski definition) is 2. The SMILES string of the molecule is N#Cc1c(N)nc(N)nc1Cc1ccccc1. The van der Waals surface area contributed by atoms with E-state index in [0.717, 1.165) is 5.56 Å². The summed E-state index contributed by atoms with van der Waals surface area (Å²) >= 11 is 0. The summed E-state index contributed by atoms with van der Waals surface area (Å²) in [6.07, 6.45) is 0.515. The van der Waals surface area contributed by atoms with Crippen molar-refractivity contribution >= 4 is 11.8 Å². The van der Waals surface area contributed by atoms with Gasteiger partial charge < -0.3 is 11.5 Å². The van der Waals surface area contributed by atoms with E-state index in [1.807, 2.05) is 36.4 Å². The number of anilines is 2. The average Bonchev–Trinajstić information content (AvgIpc) is 2.30. The molecule has 0 radical (unpaired) electrons. The predicted octanol–water partition coefficient (Wildman–Crippen LogP) is 1.10. The van der Waals surface area contributed by atoms with Crippen LogP contribution in [-0.4, -0.2) is 9.97 Å². The Bertz CT molecular complexity index is 571. The van der Waals surface area contributed by atoms with E-state index in [1.54, 1.807) is 0 Å². The van der Waals surface area contributed by atoms with E-state index in [1.165, 1.54) is 0 Å². The Kier molecular flexibility index (Phi) is 2.88. The quantitative estimate of drug-likeness (QED) is 0.796. The van der Waals surface area contributed by atoms with E-state index in [2.05, 4.69) is 9.97 Å². The number of nitrogens with two attached hydrogens (primary N) is 2. The first-order valence-corrected chi connectivity index (χ1v) is 5.06. The zero-order chi connectivity index (χ0) is 12.3. The van der Waals surface area contributed by atoms with Gasteiger partial charge in [0.25, 0.3) is 0 Å². The van der Waals surface area contributed by atoms with Crippen molar-refractivity contribution in [2.75, 3.05) is 11.5 Å². The number of aromatic nitrogens is 2. The third-order valence-electron chi connectivity index (χ3n) is 2.36. The van der Waals surface area contributed by atoms with Crippen LogP contribution in [0.5, 0.6) is 0 Å². The van der Waals surface area contributed by atoms with Crippen molar-refractivity contribution in [3.63, 3.8) is 0 Å². The molecule has 0 aliphatic rings. The molecule has 2 aromatic rings. The molecule has 0 spiro atoms. The second-order valence-corrected chi connectivity index (χ2v) is 3.56. The van der Waals surface area contributed by atoms with Crippen LogP contribution in [0.3, 0.4) is 0 Å². The van der Waals surface area contributed by atoms with Crippen LogP contribution in [0, 0.1) is 11.3 Å². The van der Waals surface area contributed by atoms with Gasteiger partial charge in [-0.1, -0.05) is 30.3 Å². The molecule has 1 heterocycles. The molecule has 0 saturated carbocycles. The molecule has 84 valence electrons. The van der Waals surface area contributed by atoms with E-state index in [4.69, 9.17) is 16.7 Å². The summed E-state index contributed by atoms with van der Waals surface area (Å²) in [4.78, 5) is 7.83. The number of nitrogen functional groups attached to an aromatic ring is 2. The standard InChI is InChI=1S/C12H11N5/c13-7-9-10(16-12(15)17-11(9)14)6-8-4-2-1-3-5-8/h1-5H,6H2,(H4,14,15,16,17). The zero-order valence-electron chi connectivity index (χ0n) is 9.09. The highest BCUT2D eigenvalue weighted by Crippen LogP contribution is 2.17. The van der Waals surface area contributed by atoms with E-state index in [0.29, 0.717) is 17.7 Å². The topological polar surface area (TPSA) is 102 Å². The maximum Gasteiger partial charge on any atom is 0.222 e. The lowest BCUT2D eigenvalue weighted by Gasteiger charge is -2.06. The lowest BCUT2D eigenvalue weighted by molar-refractivity contribution is 1.03. The molecule has 2 rings (SSSR count). The van der Waals surface area contributed by atoms with Gasteiger partial charge in [0.05, 0.1) is 5.69 Å². The summed E-state index contributed by atoms with van der Waals surface area (Å²) < 4.78 is 0. The molecule has 0 unspecified atom stereocenters. The smallest absolute Gasteiger partial charge is 0.222 e. The molecular formula is C12H11N5. The molecule has 5 nitrogen and oxygen atoms in total. The highest BCUT2D eigenvalue weighted by atomic mass is 15.0. The largest absolute Gasteiger partial charge is 0.382 e. The van der Waals surface area contributed by atoms with Gasteiger partial charge in [0.1, 0.15) is 17.5 Å². The van der Waals surface area contributed by atoms with E-state index >= 15 is 0 Å². The Balaban J connectivity index is 2.43. The van der Waals surface area contributed by atoms with Crippen molar-refractivity contribution in [1.29, 1.82) is 5.26 Å². The summed E-state index contributed by atoms with van der Waals surface area (Å²) in [5, 5.41) is 9.02. The molecule has 0 aliphatic heterocycles. The normalized spacial score (nSPS) is 9.82. The summed E-state index contributed by atoms with van der Waals surface area (Å²) in [6, 6.07) is 11.7. The molecule has 0 aliphatic carbocycles. The van der Waals surface area contributed by atoms with Crippen molar-refractivity contribution in [3.05, 3.63) is 47.2 Å². The molecule has 0 fully saturated rings. The zero-order valence-corrected chi connectivity index (χ0v) is 9.09. The summed E-state index contributed by atoms with van der Waals surface area (Å²) in [5.41, 5.74) is 13.1. The summed E-state index contributed by atoms with van der Waals surface area (Å²) in [5.74, 6) is 0.221. The fourth-order valence-electron chi connectivity index (χ4n) is 1.59. The minimum atomic E-state index is 0.0902. The Labute approximate surface area is 98.7 Å². The van der Waals surface area contributed by atoms with Crippen molar-refractivity contribution < 1.29 is 0 Å². The number of rotatable bonds is 2. The predicted molar refractivity (Wildman–Crippen MR) is 64.8 cm³/mol. The number of hydrogen-bond acceptors (Lipinski definition) is 5. The Hall–Kier alpha value is -2.61. The van der Waals surface area contributed by atoms with Gasteiger partial charge in [-0.3, -0.25) is 0 Å². The summed E-state index contributed by atoms with van der Waals surface area (Å²) in [6.45, 7) is 0. The van der Waals surface area contributed by atoms with Gasteiger partial charge in [0.2, 0.25) is 5.95 Å². The Morgan fingerprint density at radius 2 is 1.82 bits per heavy atom. The van der Waals surface area contributed by atoms with Gasteiger partial charge in [-0.15, -0.1) is 0 Å². The van der Waals surface area contributed by atoms with Crippen LogP contribution in [0.2, 0.25) is 0 Å². The van der Waals surface area contributed by atoms with Gasteiger partial charge in [-0.05, 0) is 5.56 Å². The van der Waals surface area contributed by atoms with Crippen molar-refractivity contribution in [2.45, 2.75) is 6.42 Å². The molecule has 1 aromatic carbocycles. The number of benzene rings is 1. The van der Waals surface area contributed by atoms with Crippen molar-refractivity contribution in [1.82, 2.24) is 9.97 Å². The van der Waals surface area contributed by atoms with Crippen LogP contribution in [0.4, 0.5) is 11.8 Å². The third-order valence-corrected chi connectivity index (χ3v) is 2.36. The monoisotopic (exact) mass is 225 g/mol. The molecule has 0 atom stereocenters. The minimum absolute atomic E-state index is 0.0902. The van der Waals surface area contributed by atoms with E-state index < -0.39 is 0 Å². The molecule has 17 heavy (non-hydrogen) atoms. The first-order chi connectivity index (χ1) is 8.20. The lowest BCUT2D eigenvalue weighted by atomic mass is 10.1. The maximum absolute atomic E-state index is 9.02. The van der Waals surface area contributed by atoms with Crippen LogP contribution >= 0.6 is 0 Å². The van der Waals surface area contributed by atoms with Crippen LogP contribution in [0.25, 0.3) is 0 Å². The minimum Gasteiger partial charge on any atom is -0.382 e. The first kappa shape index (κ1) is 10.9. The first-order valence-electron chi connectivity index (χ1n) is 5.06. The van der Waals surface area contributed by atoms with Gasteiger partial charge in [-0.2, -0.15) is 10.2 Å². The van der Waals surface area contributed by atoms with Gasteiger partial charge in [0, 0.05) is 6.42 Å². The highest BCUT2D eigenvalue weighted by molar-refractivity contribution is 5.54.